The maximum Gasteiger partial charge on any atom is 0.341 e. The van der Waals surface area contributed by atoms with Gasteiger partial charge in [-0.3, -0.25) is 9.36 Å². The van der Waals surface area contributed by atoms with E-state index in [1.807, 2.05) is 25.3 Å². The van der Waals surface area contributed by atoms with Crippen molar-refractivity contribution in [3.8, 4) is 11.6 Å². The summed E-state index contributed by atoms with van der Waals surface area (Å²) >= 11 is 5.92. The molecule has 3 rings (SSSR count). The first-order valence-electron chi connectivity index (χ1n) is 9.24. The Balaban J connectivity index is 1.71. The van der Waals surface area contributed by atoms with Crippen LogP contribution in [0.4, 0.5) is 5.00 Å². The second-order valence-electron chi connectivity index (χ2n) is 6.20. The molecule has 0 saturated heterocycles. The summed E-state index contributed by atoms with van der Waals surface area (Å²) in [5.41, 5.74) is 1.24. The number of anilines is 1. The Hall–Kier alpha value is -2.11. The van der Waals surface area contributed by atoms with Crippen LogP contribution in [0.3, 0.4) is 0 Å². The quantitative estimate of drug-likeness (QED) is 0.338. The highest BCUT2D eigenvalue weighted by molar-refractivity contribution is 9.10. The number of nitrogens with zero attached hydrogens (tertiary/aromatic N) is 3. The summed E-state index contributed by atoms with van der Waals surface area (Å²) in [4.78, 5) is 25.8. The second kappa shape index (κ2) is 9.80. The van der Waals surface area contributed by atoms with Crippen molar-refractivity contribution >= 4 is 55.9 Å². The third-order valence-electron chi connectivity index (χ3n) is 4.28. The fraction of sp³-hybridized carbons (Fsp3) is 0.368. The summed E-state index contributed by atoms with van der Waals surface area (Å²) in [5, 5.41) is 12.3. The molecule has 3 aromatic rings. The van der Waals surface area contributed by atoms with Crippen molar-refractivity contribution in [3.63, 3.8) is 0 Å². The molecule has 0 spiro atoms. The van der Waals surface area contributed by atoms with E-state index in [4.69, 9.17) is 9.15 Å². The highest BCUT2D eigenvalue weighted by Gasteiger charge is 2.23. The number of hydrogen-bond donors (Lipinski definition) is 1. The summed E-state index contributed by atoms with van der Waals surface area (Å²) < 4.78 is 13.2. The third-order valence-corrected chi connectivity index (χ3v) is 6.79. The number of hydrogen-bond acceptors (Lipinski definition) is 8. The van der Waals surface area contributed by atoms with Gasteiger partial charge < -0.3 is 14.5 Å². The van der Waals surface area contributed by atoms with Crippen molar-refractivity contribution in [2.45, 2.75) is 39.4 Å². The fourth-order valence-corrected chi connectivity index (χ4v) is 4.93. The predicted molar refractivity (Wildman–Crippen MR) is 120 cm³/mol. The molecule has 0 aliphatic heterocycles. The van der Waals surface area contributed by atoms with Crippen molar-refractivity contribution in [2.24, 2.45) is 0 Å². The molecule has 0 bridgehead atoms. The fourth-order valence-electron chi connectivity index (χ4n) is 2.75. The number of halogens is 1. The number of carbonyl (C=O) groups is 2. The lowest BCUT2D eigenvalue weighted by Gasteiger charge is -2.08. The molecule has 1 amide bonds. The maximum absolute atomic E-state index is 12.6. The molecule has 11 heteroatoms. The molecule has 3 aromatic heterocycles. The van der Waals surface area contributed by atoms with Gasteiger partial charge >= 0.3 is 5.97 Å². The van der Waals surface area contributed by atoms with Crippen molar-refractivity contribution < 1.29 is 18.7 Å². The van der Waals surface area contributed by atoms with Gasteiger partial charge in [-0.1, -0.05) is 11.8 Å². The minimum Gasteiger partial charge on any atom is -0.462 e. The van der Waals surface area contributed by atoms with Crippen LogP contribution in [0.1, 0.15) is 34.6 Å². The molecule has 0 unspecified atom stereocenters. The van der Waals surface area contributed by atoms with Crippen LogP contribution in [0.15, 0.2) is 26.4 Å². The van der Waals surface area contributed by atoms with Crippen molar-refractivity contribution in [3.05, 3.63) is 32.8 Å². The van der Waals surface area contributed by atoms with E-state index < -0.39 is 5.97 Å². The van der Waals surface area contributed by atoms with Crippen molar-refractivity contribution in [1.82, 2.24) is 14.8 Å². The molecule has 0 aromatic carbocycles. The molecule has 160 valence electrons. The number of carbonyl (C=O) groups excluding carboxylic acids is 2. The lowest BCUT2D eigenvalue weighted by Crippen LogP contribution is -2.17. The van der Waals surface area contributed by atoms with Gasteiger partial charge in [0, 0.05) is 11.4 Å². The van der Waals surface area contributed by atoms with Crippen LogP contribution in [-0.2, 0) is 16.1 Å². The Kier molecular flexibility index (Phi) is 7.37. The molecule has 3 heterocycles. The predicted octanol–water partition coefficient (Wildman–Crippen LogP) is 4.91. The van der Waals surface area contributed by atoms with E-state index >= 15 is 0 Å². The van der Waals surface area contributed by atoms with Gasteiger partial charge in [-0.25, -0.2) is 4.79 Å². The van der Waals surface area contributed by atoms with Gasteiger partial charge in [-0.15, -0.1) is 21.5 Å². The van der Waals surface area contributed by atoms with Crippen LogP contribution >= 0.6 is 39.0 Å². The van der Waals surface area contributed by atoms with Gasteiger partial charge in [0.15, 0.2) is 15.6 Å². The van der Waals surface area contributed by atoms with E-state index in [1.54, 1.807) is 19.1 Å². The number of rotatable bonds is 8. The first-order chi connectivity index (χ1) is 14.3. The normalized spacial score (nSPS) is 11.0. The molecule has 0 atom stereocenters. The zero-order valence-corrected chi connectivity index (χ0v) is 20.2. The van der Waals surface area contributed by atoms with E-state index in [2.05, 4.69) is 31.4 Å². The van der Waals surface area contributed by atoms with Crippen LogP contribution in [0.25, 0.3) is 11.6 Å². The zero-order valence-electron chi connectivity index (χ0n) is 16.9. The molecule has 0 saturated carbocycles. The summed E-state index contributed by atoms with van der Waals surface area (Å²) in [6, 6.07) is 3.59. The summed E-state index contributed by atoms with van der Waals surface area (Å²) in [7, 11) is 0. The number of aryl methyl sites for hydroxylation is 1. The lowest BCUT2D eigenvalue weighted by molar-refractivity contribution is -0.113. The molecular formula is C19H21BrN4O4S2. The smallest absolute Gasteiger partial charge is 0.341 e. The Labute approximate surface area is 190 Å². The van der Waals surface area contributed by atoms with Gasteiger partial charge in [0.25, 0.3) is 0 Å². The largest absolute Gasteiger partial charge is 0.462 e. The van der Waals surface area contributed by atoms with Crippen LogP contribution in [0, 0.1) is 13.8 Å². The van der Waals surface area contributed by atoms with E-state index in [0.717, 1.165) is 10.4 Å². The Morgan fingerprint density at radius 2 is 2.07 bits per heavy atom. The summed E-state index contributed by atoms with van der Waals surface area (Å²) in [5.74, 6) is 0.650. The Bertz CT molecular complexity index is 1070. The first kappa shape index (κ1) is 22.6. The number of aromatic nitrogens is 3. The van der Waals surface area contributed by atoms with E-state index in [1.165, 1.54) is 23.1 Å². The average Bonchev–Trinajstić information content (AvgIpc) is 3.38. The van der Waals surface area contributed by atoms with E-state index in [0.29, 0.717) is 38.5 Å². The van der Waals surface area contributed by atoms with E-state index in [9.17, 15) is 9.59 Å². The van der Waals surface area contributed by atoms with Crippen molar-refractivity contribution in [2.75, 3.05) is 17.7 Å². The zero-order chi connectivity index (χ0) is 21.8. The van der Waals surface area contributed by atoms with Crippen LogP contribution in [0.5, 0.6) is 0 Å². The van der Waals surface area contributed by atoms with Gasteiger partial charge in [-0.05, 0) is 61.3 Å². The van der Waals surface area contributed by atoms with Crippen LogP contribution < -0.4 is 5.32 Å². The number of ether oxygens (including phenoxy) is 1. The lowest BCUT2D eigenvalue weighted by atomic mass is 10.1. The summed E-state index contributed by atoms with van der Waals surface area (Å²) in [6.45, 7) is 8.38. The Morgan fingerprint density at radius 3 is 2.70 bits per heavy atom. The molecule has 0 radical (unpaired) electrons. The van der Waals surface area contributed by atoms with Gasteiger partial charge in [0.05, 0.1) is 17.9 Å². The number of thioether (sulfide) groups is 1. The standard InChI is InChI=1S/C19H21BrN4O4S2/c1-5-24-16(12-7-8-13(20)28-12)22-23-19(24)29-9-14(25)21-17-15(18(26)27-6-2)10(3)11(4)30-17/h7-8H,5-6,9H2,1-4H3,(H,21,25). The Morgan fingerprint density at radius 1 is 1.30 bits per heavy atom. The summed E-state index contributed by atoms with van der Waals surface area (Å²) in [6.07, 6.45) is 0. The molecule has 8 nitrogen and oxygen atoms in total. The number of amides is 1. The number of esters is 1. The van der Waals surface area contributed by atoms with Gasteiger partial charge in [-0.2, -0.15) is 0 Å². The third kappa shape index (κ3) is 4.79. The molecule has 0 aliphatic carbocycles. The monoisotopic (exact) mass is 512 g/mol. The highest BCUT2D eigenvalue weighted by atomic mass is 79.9. The number of thiophene rings is 1. The molecule has 30 heavy (non-hydrogen) atoms. The van der Waals surface area contributed by atoms with Crippen LogP contribution in [0.2, 0.25) is 0 Å². The molecule has 0 fully saturated rings. The number of nitrogens with one attached hydrogen (secondary N) is 1. The molecular weight excluding hydrogens is 492 g/mol. The van der Waals surface area contributed by atoms with Gasteiger partial charge in [0.2, 0.25) is 11.7 Å². The first-order valence-corrected chi connectivity index (χ1v) is 11.8. The van der Waals surface area contributed by atoms with Crippen molar-refractivity contribution in [1.29, 1.82) is 0 Å². The highest BCUT2D eigenvalue weighted by Crippen LogP contribution is 2.33. The number of furan rings is 1. The minimum absolute atomic E-state index is 0.123. The maximum atomic E-state index is 12.6. The molecule has 1 N–H and O–H groups in total. The minimum atomic E-state index is -0.428. The SMILES string of the molecule is CCOC(=O)c1c(NC(=O)CSc2nnc(-c3ccc(Br)o3)n2CC)sc(C)c1C. The average molecular weight is 513 g/mol. The molecule has 0 aliphatic rings. The van der Waals surface area contributed by atoms with E-state index in [-0.39, 0.29) is 18.3 Å². The van der Waals surface area contributed by atoms with Crippen LogP contribution in [-0.4, -0.2) is 39.0 Å². The van der Waals surface area contributed by atoms with Gasteiger partial charge in [0.1, 0.15) is 5.00 Å². The topological polar surface area (TPSA) is 99.2 Å². The second-order valence-corrected chi connectivity index (χ2v) is 9.15.